The molecule has 622 valence electrons. The van der Waals surface area contributed by atoms with Crippen molar-refractivity contribution in [2.75, 3.05) is 4.90 Å². The van der Waals surface area contributed by atoms with Crippen LogP contribution in [0.4, 0.5) is 17.1 Å². The number of rotatable bonds is 12. The summed E-state index contributed by atoms with van der Waals surface area (Å²) in [6, 6.07) is 110. The number of ketones is 4. The number of hydrogen-bond donors (Lipinski definition) is 4. The van der Waals surface area contributed by atoms with Gasteiger partial charge in [-0.05, 0) is 166 Å². The molecular formula is C98H80Ir4N5O9S5-5. The van der Waals surface area contributed by atoms with Crippen LogP contribution in [0.2, 0.25) is 0 Å². The van der Waals surface area contributed by atoms with Crippen LogP contribution in [0, 0.1) is 37.3 Å². The second kappa shape index (κ2) is 48.1. The fourth-order valence-electron chi connectivity index (χ4n) is 11.8. The minimum atomic E-state index is -0.125. The van der Waals surface area contributed by atoms with Crippen molar-refractivity contribution in [3.63, 3.8) is 0 Å². The van der Waals surface area contributed by atoms with Crippen LogP contribution in [-0.2, 0) is 99.6 Å². The van der Waals surface area contributed by atoms with E-state index < -0.39 is 0 Å². The van der Waals surface area contributed by atoms with Gasteiger partial charge in [0.1, 0.15) is 0 Å². The molecule has 0 atom stereocenters. The first-order valence-corrected chi connectivity index (χ1v) is 40.9. The molecule has 0 spiro atoms. The number of thiazole rings is 3. The molecular weight excluding hydrogens is 2320 g/mol. The Balaban J connectivity index is 0.000000202. The molecule has 0 aliphatic rings. The quantitative estimate of drug-likeness (QED) is 0.0510. The Hall–Kier alpha value is -10.7. The van der Waals surface area contributed by atoms with E-state index in [0.29, 0.717) is 0 Å². The number of aliphatic hydroxyl groups is 4. The normalized spacial score (nSPS) is 10.9. The van der Waals surface area contributed by atoms with E-state index in [1.165, 1.54) is 125 Å². The minimum absolute atomic E-state index is 0. The summed E-state index contributed by atoms with van der Waals surface area (Å²) in [4.78, 5) is 58.7. The molecule has 4 N–H and O–H groups in total. The fraction of sp³-hybridized carbons (Fsp3) is 0.0918. The molecule has 0 amide bonds. The first-order chi connectivity index (χ1) is 56.5. The van der Waals surface area contributed by atoms with Crippen molar-refractivity contribution in [2.24, 2.45) is 0 Å². The molecule has 0 saturated carbocycles. The summed E-state index contributed by atoms with van der Waals surface area (Å²) < 4.78 is 14.0. The molecule has 23 heteroatoms. The molecule has 14 nitrogen and oxygen atoms in total. The van der Waals surface area contributed by atoms with Gasteiger partial charge in [0.15, 0.2) is 23.1 Å². The average molecular weight is 2400 g/mol. The van der Waals surface area contributed by atoms with E-state index in [9.17, 15) is 19.2 Å². The molecule has 18 rings (SSSR count). The number of para-hydroxylation sites is 7. The fourth-order valence-corrected chi connectivity index (χ4v) is 16.7. The molecule has 4 radical (unpaired) electrons. The Bertz CT molecular complexity index is 6160. The number of aliphatic hydroxyl groups excluding tert-OH is 4. The summed E-state index contributed by atoms with van der Waals surface area (Å²) >= 11 is 8.59. The zero-order valence-corrected chi connectivity index (χ0v) is 80.4. The Morgan fingerprint density at radius 2 is 0.744 bits per heavy atom. The zero-order valence-electron chi connectivity index (χ0n) is 66.7. The van der Waals surface area contributed by atoms with Crippen LogP contribution in [-0.4, -0.2) is 63.1 Å². The number of benzene rings is 11. The number of nitrogens with zero attached hydrogens (tertiary/aromatic N) is 5. The first-order valence-electron chi connectivity index (χ1n) is 36.8. The van der Waals surface area contributed by atoms with Gasteiger partial charge in [-0.25, -0.2) is 11.3 Å². The number of aromatic nitrogens is 4. The molecule has 7 aromatic heterocycles. The smallest absolute Gasteiger partial charge is 0.155 e. The monoisotopic (exact) mass is 2400 g/mol. The van der Waals surface area contributed by atoms with E-state index >= 15 is 0 Å². The van der Waals surface area contributed by atoms with Gasteiger partial charge in [0.05, 0.1) is 44.6 Å². The second-order valence-electron chi connectivity index (χ2n) is 26.3. The molecule has 0 unspecified atom stereocenters. The van der Waals surface area contributed by atoms with Crippen molar-refractivity contribution in [3.05, 3.63) is 356 Å². The Morgan fingerprint density at radius 3 is 1.16 bits per heavy atom. The first kappa shape index (κ1) is 97.4. The van der Waals surface area contributed by atoms with Crippen LogP contribution in [0.25, 0.3) is 120 Å². The van der Waals surface area contributed by atoms with Crippen LogP contribution in [0.15, 0.2) is 325 Å². The maximum atomic E-state index is 10.0. The number of carbonyl (C=O) groups is 4. The van der Waals surface area contributed by atoms with Gasteiger partial charge in [-0.1, -0.05) is 156 Å². The Labute approximate surface area is 776 Å². The van der Waals surface area contributed by atoms with E-state index in [1.807, 2.05) is 67.6 Å². The zero-order chi connectivity index (χ0) is 82.9. The van der Waals surface area contributed by atoms with Gasteiger partial charge in [0.25, 0.3) is 0 Å². The molecule has 0 bridgehead atoms. The number of aryl methyl sites for hydroxylation is 1. The van der Waals surface area contributed by atoms with Gasteiger partial charge in [0, 0.05) is 151 Å². The molecule has 18 aromatic rings. The predicted octanol–water partition coefficient (Wildman–Crippen LogP) is 27.3. The molecule has 121 heavy (non-hydrogen) atoms. The third-order valence-electron chi connectivity index (χ3n) is 16.5. The molecule has 11 aromatic carbocycles. The van der Waals surface area contributed by atoms with Crippen molar-refractivity contribution in [2.45, 2.75) is 62.3 Å². The Kier molecular flexibility index (Phi) is 38.7. The second-order valence-corrected chi connectivity index (χ2v) is 31.5. The number of allylic oxidation sites excluding steroid dienone is 8. The predicted molar refractivity (Wildman–Crippen MR) is 486 cm³/mol. The third-order valence-corrected chi connectivity index (χ3v) is 21.9. The van der Waals surface area contributed by atoms with E-state index in [4.69, 9.17) is 34.8 Å². The van der Waals surface area contributed by atoms with Gasteiger partial charge in [0.2, 0.25) is 0 Å². The van der Waals surface area contributed by atoms with Crippen molar-refractivity contribution in [3.8, 4) is 47.4 Å². The minimum Gasteiger partial charge on any atom is -0.586 e. The van der Waals surface area contributed by atoms with Crippen LogP contribution < -0.4 is 4.90 Å². The van der Waals surface area contributed by atoms with Gasteiger partial charge in [-0.2, -0.15) is 46.1 Å². The van der Waals surface area contributed by atoms with E-state index in [1.54, 1.807) is 56.7 Å². The van der Waals surface area contributed by atoms with Crippen molar-refractivity contribution >= 4 is 170 Å². The molecule has 0 aliphatic heterocycles. The topological polar surface area (TPSA) is 209 Å². The number of furan rings is 1. The number of thiophene rings is 2. The summed E-state index contributed by atoms with van der Waals surface area (Å²) in [5.74, 6) is 1.42. The number of fused-ring (bicyclic) bond motifs is 8. The van der Waals surface area contributed by atoms with Crippen LogP contribution in [0.5, 0.6) is 0 Å². The van der Waals surface area contributed by atoms with Gasteiger partial charge in [-0.3, -0.25) is 45.5 Å². The van der Waals surface area contributed by atoms with Gasteiger partial charge < -0.3 is 34.3 Å². The number of carbonyl (C=O) groups excluding carboxylic acids is 4. The summed E-state index contributed by atoms with van der Waals surface area (Å²) in [5.41, 5.74) is 12.1. The van der Waals surface area contributed by atoms with E-state index in [2.05, 4.69) is 257 Å². The van der Waals surface area contributed by atoms with Gasteiger partial charge >= 0.3 is 0 Å². The van der Waals surface area contributed by atoms with Crippen LogP contribution in [0.1, 0.15) is 61.2 Å². The van der Waals surface area contributed by atoms with Crippen LogP contribution in [0.3, 0.4) is 0 Å². The molecule has 0 fully saturated rings. The van der Waals surface area contributed by atoms with Gasteiger partial charge in [-0.15, -0.1) is 106 Å². The van der Waals surface area contributed by atoms with E-state index in [0.717, 1.165) is 97.6 Å². The molecule has 0 saturated heterocycles. The standard InChI is InChI=1S/C25H15N2S.C25H17N2S.C15H8NS2.C13H8OS.4C5H8O2.4Ir/c1-2-8-18(9-3-1)27-22-12-6-4-10-19(22)20-16-17(14-15-23(20)27)25-26-21-11-5-7-13-24(21)28-25;1-3-9-20(10-4-1)27(21-11-5-2-6-12-21)22-17-15-19(16-18-22)25-26-23-13-7-8-14-24(23)28-25;1-3-7-12-10(5-1)9-14(17-12)15-16-11-6-2-4-8-13(11)18-15;1-9-6-7-11(14-9)13-8-10-4-2-3-5-12(10)15-13;4*1-4(6)3-5(2)7;;;;/h1-13,15-16H;1-15,17-18H;1-8H;2-6H,1H3;4*3,6H,1-2H3;;;;/q3*-1;-2;;;;;;;;. The number of hydrogen-bond acceptors (Lipinski definition) is 18. The van der Waals surface area contributed by atoms with Crippen molar-refractivity contribution < 1.29 is 124 Å². The third kappa shape index (κ3) is 28.2. The summed E-state index contributed by atoms with van der Waals surface area (Å²) in [6.07, 6.45) is 4.67. The van der Waals surface area contributed by atoms with E-state index in [-0.39, 0.29) is 127 Å². The maximum Gasteiger partial charge on any atom is 0.155 e. The Morgan fingerprint density at radius 1 is 0.364 bits per heavy atom. The summed E-state index contributed by atoms with van der Waals surface area (Å²) in [6.45, 7) is 13.3. The molecule has 7 heterocycles. The SMILES string of the molecule is CC(=O)C=C(C)O.CC(=O)C=C(C)O.CC(=O)C=C(C)O.CC(=O)C=C(C)O.Cc1c[c-]c(-c2[c-]c3ccccc3s2)o1.[Ir].[Ir].[Ir].[Ir].[c-]1c(-c2nc3ccccc3s2)sc2ccccc12.[c-]1cc(N(c2ccccc2)c2ccccc2)ccc1-c1nc2ccccc2s1.[c-]1cc2c(cc1-c1nc3ccccc3s1)c1ccccc1n2-c1ccccc1. The largest absolute Gasteiger partial charge is 0.586 e. The summed E-state index contributed by atoms with van der Waals surface area (Å²) in [5, 5.41) is 41.3. The average Bonchev–Trinajstić information content (AvgIpc) is 1.59. The van der Waals surface area contributed by atoms with Crippen LogP contribution >= 0.6 is 56.7 Å². The van der Waals surface area contributed by atoms with Crippen molar-refractivity contribution in [1.82, 2.24) is 19.5 Å². The maximum absolute atomic E-state index is 10.0. The van der Waals surface area contributed by atoms with Crippen molar-refractivity contribution in [1.29, 1.82) is 0 Å². The molecule has 0 aliphatic carbocycles. The number of anilines is 3. The summed E-state index contributed by atoms with van der Waals surface area (Å²) in [7, 11) is 0.